The van der Waals surface area contributed by atoms with Gasteiger partial charge in [0.25, 0.3) is 0 Å². The molecule has 0 unspecified atom stereocenters. The first-order chi connectivity index (χ1) is 1.73. The standard InChI is InChI=1S/CH3Cl2P/c1-4(2)3/h1H3. The summed E-state index contributed by atoms with van der Waals surface area (Å²) < 4.78 is 0. The Labute approximate surface area is 36.4 Å². The Kier molecular flexibility index (Phi) is 2.83. The van der Waals surface area contributed by atoms with Crippen molar-refractivity contribution in [1.82, 2.24) is 0 Å². The highest BCUT2D eigenvalue weighted by molar-refractivity contribution is 8.03. The maximum Gasteiger partial charge on any atom is 0.0823 e. The summed E-state index contributed by atoms with van der Waals surface area (Å²) >= 11 is 10.2. The summed E-state index contributed by atoms with van der Waals surface area (Å²) in [5.74, 6) is 0. The third kappa shape index (κ3) is 11.9. The maximum absolute atomic E-state index is 5.10. The van der Waals surface area contributed by atoms with Gasteiger partial charge in [-0.05, 0) is 6.66 Å². The molecule has 0 nitrogen and oxygen atoms in total. The van der Waals surface area contributed by atoms with E-state index in [-0.39, 0.29) is 0 Å². The van der Waals surface area contributed by atoms with Crippen LogP contribution in [0.15, 0.2) is 0 Å². The van der Waals surface area contributed by atoms with E-state index < -0.39 is 6.63 Å². The highest BCUT2D eigenvalue weighted by Crippen LogP contribution is 2.41. The van der Waals surface area contributed by atoms with Gasteiger partial charge in [-0.2, -0.15) is 0 Å². The molecule has 0 N–H and O–H groups in total. The normalized spacial score (nSPS) is 9.00. The Balaban J connectivity index is 2.32. The van der Waals surface area contributed by atoms with Crippen molar-refractivity contribution in [2.75, 3.05) is 6.66 Å². The van der Waals surface area contributed by atoms with E-state index >= 15 is 0 Å². The summed E-state index contributed by atoms with van der Waals surface area (Å²) in [7, 11) is 0. The molecule has 0 saturated heterocycles. The van der Waals surface area contributed by atoms with Crippen LogP contribution in [0.5, 0.6) is 0 Å². The monoisotopic (exact) mass is 116 g/mol. The third-order valence-electron chi connectivity index (χ3n) is 0. The summed E-state index contributed by atoms with van der Waals surface area (Å²) in [5, 5.41) is 0. The second-order valence-electron chi connectivity index (χ2n) is 0.402. The summed E-state index contributed by atoms with van der Waals surface area (Å²) in [5.41, 5.74) is 0. The second-order valence-corrected chi connectivity index (χ2v) is 4.77. The van der Waals surface area contributed by atoms with Gasteiger partial charge in [-0.1, -0.05) is 22.5 Å². The van der Waals surface area contributed by atoms with Gasteiger partial charge >= 0.3 is 0 Å². The van der Waals surface area contributed by atoms with Crippen LogP contribution in [-0.4, -0.2) is 6.66 Å². The maximum atomic E-state index is 5.10. The quantitative estimate of drug-likeness (QED) is 0.427. The third-order valence-corrected chi connectivity index (χ3v) is 0. The SMILES string of the molecule is CP(Cl)Cl. The molecule has 0 aromatic rings. The molecule has 0 bridgehead atoms. The van der Waals surface area contributed by atoms with Crippen LogP contribution in [0.2, 0.25) is 0 Å². The van der Waals surface area contributed by atoms with Crippen molar-refractivity contribution in [3.63, 3.8) is 0 Å². The highest BCUT2D eigenvalue weighted by Gasteiger charge is 1.75. The summed E-state index contributed by atoms with van der Waals surface area (Å²) in [4.78, 5) is 0. The lowest BCUT2D eigenvalue weighted by atomic mass is 12.0. The largest absolute Gasteiger partial charge is 0.0823 e. The molecule has 0 aliphatic rings. The first-order valence-electron chi connectivity index (χ1n) is 0.785. The zero-order chi connectivity index (χ0) is 3.58. The highest BCUT2D eigenvalue weighted by atomic mass is 35.9. The molecular formula is CH3Cl2P. The van der Waals surface area contributed by atoms with Gasteiger partial charge in [0.15, 0.2) is 0 Å². The molecule has 0 aromatic carbocycles. The Morgan fingerprint density at radius 2 is 1.50 bits per heavy atom. The predicted octanol–water partition coefficient (Wildman–Crippen LogP) is 2.41. The van der Waals surface area contributed by atoms with Gasteiger partial charge in [0, 0.05) is 0 Å². The lowest BCUT2D eigenvalue weighted by Crippen LogP contribution is -1.20. The Morgan fingerprint density at radius 3 is 1.50 bits per heavy atom. The fraction of sp³-hybridized carbons (Fsp3) is 1.00. The zero-order valence-corrected chi connectivity index (χ0v) is 4.61. The minimum absolute atomic E-state index is 0.676. The minimum Gasteiger partial charge on any atom is -0.0784 e. The van der Waals surface area contributed by atoms with Crippen molar-refractivity contribution < 1.29 is 0 Å². The topological polar surface area (TPSA) is 0 Å². The van der Waals surface area contributed by atoms with Gasteiger partial charge in [0.05, 0.1) is 6.63 Å². The van der Waals surface area contributed by atoms with E-state index in [1.165, 1.54) is 0 Å². The smallest absolute Gasteiger partial charge is 0.0784 e. The predicted molar refractivity (Wildman–Crippen MR) is 24.5 cm³/mol. The van der Waals surface area contributed by atoms with Crippen molar-refractivity contribution in [3.05, 3.63) is 0 Å². The molecule has 0 aliphatic heterocycles. The van der Waals surface area contributed by atoms with E-state index in [9.17, 15) is 0 Å². The van der Waals surface area contributed by atoms with Crippen molar-refractivity contribution in [3.8, 4) is 0 Å². The molecule has 0 fully saturated rings. The van der Waals surface area contributed by atoms with Gasteiger partial charge in [-0.15, -0.1) is 0 Å². The van der Waals surface area contributed by atoms with Gasteiger partial charge in [-0.25, -0.2) is 0 Å². The molecule has 0 heterocycles. The van der Waals surface area contributed by atoms with Crippen LogP contribution < -0.4 is 0 Å². The molecule has 0 radical (unpaired) electrons. The molecule has 0 saturated carbocycles. The van der Waals surface area contributed by atoms with E-state index in [1.54, 1.807) is 6.66 Å². The Hall–Kier alpha value is 1.01. The van der Waals surface area contributed by atoms with E-state index in [0.717, 1.165) is 0 Å². The van der Waals surface area contributed by atoms with E-state index in [2.05, 4.69) is 0 Å². The molecule has 26 valence electrons. The molecular weight excluding hydrogens is 114 g/mol. The average Bonchev–Trinajstić information content (AvgIpc) is 0.811. The molecule has 0 rings (SSSR count). The number of hydrogen-bond donors (Lipinski definition) is 0. The lowest BCUT2D eigenvalue weighted by Gasteiger charge is -1.72. The summed E-state index contributed by atoms with van der Waals surface area (Å²) in [6.45, 7) is 1.09. The number of rotatable bonds is 0. The lowest BCUT2D eigenvalue weighted by molar-refractivity contribution is 2.49. The molecule has 0 spiro atoms. The van der Waals surface area contributed by atoms with Crippen LogP contribution in [0.4, 0.5) is 0 Å². The van der Waals surface area contributed by atoms with Crippen LogP contribution in [0.25, 0.3) is 0 Å². The van der Waals surface area contributed by atoms with Crippen molar-refractivity contribution in [2.24, 2.45) is 0 Å². The van der Waals surface area contributed by atoms with Gasteiger partial charge in [-0.3, -0.25) is 0 Å². The van der Waals surface area contributed by atoms with E-state index in [1.807, 2.05) is 0 Å². The number of hydrogen-bond acceptors (Lipinski definition) is 0. The Morgan fingerprint density at radius 1 is 1.50 bits per heavy atom. The molecule has 0 aromatic heterocycles. The first kappa shape index (κ1) is 5.01. The van der Waals surface area contributed by atoms with Crippen LogP contribution in [0.3, 0.4) is 0 Å². The van der Waals surface area contributed by atoms with Crippen molar-refractivity contribution in [2.45, 2.75) is 0 Å². The van der Waals surface area contributed by atoms with Crippen LogP contribution >= 0.6 is 29.1 Å². The molecule has 4 heavy (non-hydrogen) atoms. The first-order valence-corrected chi connectivity index (χ1v) is 4.38. The van der Waals surface area contributed by atoms with Gasteiger partial charge in [0.1, 0.15) is 0 Å². The van der Waals surface area contributed by atoms with Crippen molar-refractivity contribution in [1.29, 1.82) is 0 Å². The van der Waals surface area contributed by atoms with Crippen LogP contribution in [0, 0.1) is 0 Å². The second kappa shape index (κ2) is 2.26. The van der Waals surface area contributed by atoms with Crippen molar-refractivity contribution >= 4 is 29.1 Å². The molecule has 0 amide bonds. The molecule has 0 atom stereocenters. The molecule has 0 aliphatic carbocycles. The zero-order valence-electron chi connectivity index (χ0n) is 2.20. The number of halogens is 2. The summed E-state index contributed by atoms with van der Waals surface area (Å²) in [6, 6.07) is 0. The van der Waals surface area contributed by atoms with Crippen LogP contribution in [-0.2, 0) is 0 Å². The fourth-order valence-electron chi connectivity index (χ4n) is 0. The average molecular weight is 117 g/mol. The minimum atomic E-state index is -0.676. The fourth-order valence-corrected chi connectivity index (χ4v) is 0. The Bertz CT molecular complexity index is 10.8. The van der Waals surface area contributed by atoms with E-state index in [0.29, 0.717) is 0 Å². The molecule has 3 heteroatoms. The van der Waals surface area contributed by atoms with E-state index in [4.69, 9.17) is 22.5 Å². The van der Waals surface area contributed by atoms with Gasteiger partial charge < -0.3 is 0 Å². The van der Waals surface area contributed by atoms with Gasteiger partial charge in [0.2, 0.25) is 0 Å². The van der Waals surface area contributed by atoms with Crippen LogP contribution in [0.1, 0.15) is 0 Å². The summed E-state index contributed by atoms with van der Waals surface area (Å²) in [6.07, 6.45) is 0.